The van der Waals surface area contributed by atoms with Crippen molar-refractivity contribution in [2.24, 2.45) is 0 Å². The van der Waals surface area contributed by atoms with Gasteiger partial charge in [0.2, 0.25) is 11.5 Å². The number of hydrogen-bond acceptors (Lipinski definition) is 10. The van der Waals surface area contributed by atoms with Crippen LogP contribution in [0.5, 0.6) is 5.75 Å². The molecule has 45 heavy (non-hydrogen) atoms. The zero-order valence-corrected chi connectivity index (χ0v) is 25.8. The van der Waals surface area contributed by atoms with E-state index < -0.39 is 10.1 Å². The maximum absolute atomic E-state index is 11.4. The van der Waals surface area contributed by atoms with Crippen LogP contribution in [0, 0.1) is 0 Å². The number of nitrogens with zero attached hydrogens (tertiary/aromatic N) is 2. The number of aryl methyl sites for hydroxylation is 1. The first kappa shape index (κ1) is 30.6. The van der Waals surface area contributed by atoms with Crippen molar-refractivity contribution < 1.29 is 41.3 Å². The summed E-state index contributed by atoms with van der Waals surface area (Å²) in [6.45, 7) is 5.46. The maximum atomic E-state index is 11.4. The highest BCUT2D eigenvalue weighted by molar-refractivity contribution is 7.94. The molecule has 0 amide bonds. The Balaban J connectivity index is 1.18. The van der Waals surface area contributed by atoms with Crippen LogP contribution < -0.4 is 19.5 Å². The van der Waals surface area contributed by atoms with Gasteiger partial charge in [-0.25, -0.2) is 8.42 Å². The van der Waals surface area contributed by atoms with Crippen molar-refractivity contribution in [3.63, 3.8) is 0 Å². The van der Waals surface area contributed by atoms with Gasteiger partial charge in [-0.15, -0.1) is 0 Å². The number of hydrogen-bond donors (Lipinski definition) is 0. The molecule has 12 heteroatoms. The second kappa shape index (κ2) is 12.9. The first-order valence-corrected chi connectivity index (χ1v) is 16.2. The molecule has 230 valence electrons. The fourth-order valence-electron chi connectivity index (χ4n) is 5.36. The van der Waals surface area contributed by atoms with Gasteiger partial charge >= 0.3 is 5.89 Å². The van der Waals surface area contributed by atoms with Crippen LogP contribution >= 0.6 is 12.0 Å². The minimum absolute atomic E-state index is 0.271. The molecule has 0 spiro atoms. The van der Waals surface area contributed by atoms with E-state index in [-0.39, 0.29) is 4.90 Å². The predicted molar refractivity (Wildman–Crippen MR) is 169 cm³/mol. The van der Waals surface area contributed by atoms with Crippen LogP contribution in [0.25, 0.3) is 38.7 Å². The van der Waals surface area contributed by atoms with Gasteiger partial charge < -0.3 is 23.9 Å². The fourth-order valence-corrected chi connectivity index (χ4v) is 6.27. The van der Waals surface area contributed by atoms with Gasteiger partial charge in [-0.05, 0) is 79.2 Å². The Labute approximate surface area is 263 Å². The molecule has 0 unspecified atom stereocenters. The Morgan fingerprint density at radius 3 is 2.47 bits per heavy atom. The number of aromatic nitrogens is 1. The highest BCUT2D eigenvalue weighted by Crippen LogP contribution is 2.44. The van der Waals surface area contributed by atoms with Gasteiger partial charge in [0.25, 0.3) is 5.52 Å². The summed E-state index contributed by atoms with van der Waals surface area (Å²) in [7, 11) is -4.55. The number of benzene rings is 4. The molecule has 6 rings (SSSR count). The van der Waals surface area contributed by atoms with E-state index in [2.05, 4.69) is 20.9 Å². The summed E-state index contributed by atoms with van der Waals surface area (Å²) in [5, 5.41) is 16.8. The quantitative estimate of drug-likeness (QED) is 0.0442. The lowest BCUT2D eigenvalue weighted by Gasteiger charge is -2.15. The minimum atomic E-state index is -4.55. The van der Waals surface area contributed by atoms with E-state index in [1.54, 1.807) is 12.1 Å². The van der Waals surface area contributed by atoms with Crippen LogP contribution in [-0.2, 0) is 26.0 Å². The van der Waals surface area contributed by atoms with Crippen LogP contribution in [0.15, 0.2) is 117 Å². The third-order valence-corrected chi connectivity index (χ3v) is 8.77. The molecule has 1 aliphatic rings. The standard InChI is InChI=1S/C33H28N2O8S2/c1-3-34-28-18-12-22-20-24(44-43-42-36)14-16-26(22)32(28)40-30(34)10-8-6-5-7-9-11-31-35(4-2)29-19-13-23-21-25(45(37,38)39)15-17-27(23)33(29)41-31/h5-21H,3-4H2,1-2H3,(H-,36,37,38,39)/p-1. The minimum Gasteiger partial charge on any atom is -0.744 e. The third kappa shape index (κ3) is 6.12. The molecule has 0 bridgehead atoms. The van der Waals surface area contributed by atoms with Crippen LogP contribution in [0.3, 0.4) is 0 Å². The normalized spacial score (nSPS) is 14.8. The van der Waals surface area contributed by atoms with Gasteiger partial charge in [0.15, 0.2) is 5.75 Å². The summed E-state index contributed by atoms with van der Waals surface area (Å²) in [5.74, 6) is 1.96. The number of fused-ring (bicyclic) bond motifs is 6. The average molecular weight is 644 g/mol. The second-order valence-electron chi connectivity index (χ2n) is 9.93. The second-order valence-corrected chi connectivity index (χ2v) is 12.1. The smallest absolute Gasteiger partial charge is 0.374 e. The maximum Gasteiger partial charge on any atom is 0.374 e. The summed E-state index contributed by atoms with van der Waals surface area (Å²) < 4.78 is 53.3. The van der Waals surface area contributed by atoms with E-state index in [4.69, 9.17) is 9.15 Å². The van der Waals surface area contributed by atoms with E-state index in [0.29, 0.717) is 29.5 Å². The Hall–Kier alpha value is -4.43. The molecule has 0 radical (unpaired) electrons. The Morgan fingerprint density at radius 1 is 0.933 bits per heavy atom. The lowest BCUT2D eigenvalue weighted by molar-refractivity contribution is -0.777. The van der Waals surface area contributed by atoms with Crippen molar-refractivity contribution in [2.45, 2.75) is 30.2 Å². The van der Waals surface area contributed by atoms with E-state index >= 15 is 0 Å². The number of rotatable bonds is 10. The summed E-state index contributed by atoms with van der Waals surface area (Å²) in [6, 6.07) is 17.6. The van der Waals surface area contributed by atoms with Gasteiger partial charge in [0.1, 0.15) is 16.7 Å². The SMILES string of the molecule is CCN1/C(=C/C=C/C=C/C=C/c2oc3c4ccc(SOO[O-])cc4ccc3[n+]2CC)Oc2c1ccc1cc(S(=O)(=O)[O-])ccc21. The topological polar surface area (TPSA) is 128 Å². The van der Waals surface area contributed by atoms with Crippen molar-refractivity contribution >= 4 is 66.6 Å². The van der Waals surface area contributed by atoms with Gasteiger partial charge in [0, 0.05) is 28.3 Å². The van der Waals surface area contributed by atoms with Crippen LogP contribution in [0.2, 0.25) is 0 Å². The number of allylic oxidation sites excluding steroid dienone is 6. The van der Waals surface area contributed by atoms with Crippen LogP contribution in [0.1, 0.15) is 19.7 Å². The van der Waals surface area contributed by atoms with E-state index in [1.807, 2.05) is 90.8 Å². The number of oxazole rings is 1. The molecule has 0 aliphatic carbocycles. The molecule has 10 nitrogen and oxygen atoms in total. The van der Waals surface area contributed by atoms with Crippen molar-refractivity contribution in [1.29, 1.82) is 0 Å². The molecule has 0 saturated heterocycles. The van der Waals surface area contributed by atoms with Crippen LogP contribution in [0.4, 0.5) is 5.69 Å². The van der Waals surface area contributed by atoms with Gasteiger partial charge in [-0.2, -0.15) is 8.90 Å². The molecule has 2 heterocycles. The van der Waals surface area contributed by atoms with E-state index in [9.17, 15) is 18.2 Å². The summed E-state index contributed by atoms with van der Waals surface area (Å²) >= 11 is 0.846. The van der Waals surface area contributed by atoms with Gasteiger partial charge in [0.05, 0.1) is 28.7 Å². The van der Waals surface area contributed by atoms with Crippen LogP contribution in [-0.4, -0.2) is 19.5 Å². The first-order valence-electron chi connectivity index (χ1n) is 14.0. The number of ether oxygens (including phenoxy) is 1. The highest BCUT2D eigenvalue weighted by Gasteiger charge is 2.27. The molecule has 0 fully saturated rings. The molecule has 0 saturated carbocycles. The lowest BCUT2D eigenvalue weighted by Crippen LogP contribution is -2.33. The molecule has 4 aromatic carbocycles. The molecular weight excluding hydrogens is 617 g/mol. The van der Waals surface area contributed by atoms with E-state index in [0.717, 1.165) is 56.4 Å². The zero-order chi connectivity index (χ0) is 31.6. The first-order chi connectivity index (χ1) is 21.8. The van der Waals surface area contributed by atoms with Crippen molar-refractivity contribution in [3.8, 4) is 5.75 Å². The zero-order valence-electron chi connectivity index (χ0n) is 24.2. The Kier molecular flexibility index (Phi) is 8.76. The van der Waals surface area contributed by atoms with Gasteiger partial charge in [-0.3, -0.25) is 5.04 Å². The number of anilines is 1. The molecule has 0 N–H and O–H groups in total. The molecular formula is C33H27N2O8S2-. The molecule has 0 atom stereocenters. The Bertz CT molecular complexity index is 2150. The molecule has 1 aliphatic heterocycles. The monoisotopic (exact) mass is 643 g/mol. The Morgan fingerprint density at radius 2 is 1.69 bits per heavy atom. The van der Waals surface area contributed by atoms with Crippen molar-refractivity contribution in [1.82, 2.24) is 0 Å². The summed E-state index contributed by atoms with van der Waals surface area (Å²) in [5.41, 5.74) is 2.61. The molecule has 1 aromatic heterocycles. The van der Waals surface area contributed by atoms with Crippen molar-refractivity contribution in [3.05, 3.63) is 109 Å². The third-order valence-electron chi connectivity index (χ3n) is 7.37. The lowest BCUT2D eigenvalue weighted by atomic mass is 10.1. The summed E-state index contributed by atoms with van der Waals surface area (Å²) in [4.78, 5) is 2.48. The van der Waals surface area contributed by atoms with Crippen molar-refractivity contribution in [2.75, 3.05) is 11.4 Å². The average Bonchev–Trinajstić information content (AvgIpc) is 3.59. The fraction of sp³-hybridized carbons (Fsp3) is 0.121. The highest BCUT2D eigenvalue weighted by atomic mass is 32.2. The predicted octanol–water partition coefficient (Wildman–Crippen LogP) is 6.07. The molecule has 5 aromatic rings. The summed E-state index contributed by atoms with van der Waals surface area (Å²) in [6.07, 6.45) is 13.2. The van der Waals surface area contributed by atoms with E-state index in [1.165, 1.54) is 12.1 Å². The largest absolute Gasteiger partial charge is 0.744 e. The van der Waals surface area contributed by atoms with Gasteiger partial charge in [-0.1, -0.05) is 36.4 Å².